The Kier molecular flexibility index (Phi) is 5.68. The summed E-state index contributed by atoms with van der Waals surface area (Å²) in [7, 11) is 0. The molecule has 0 radical (unpaired) electrons. The topological polar surface area (TPSA) is 55.2 Å². The molecular formula is C15H20N4OS. The molecule has 0 saturated carbocycles. The minimum Gasteiger partial charge on any atom is -0.494 e. The van der Waals surface area contributed by atoms with E-state index >= 15 is 0 Å². The number of benzene rings is 1. The summed E-state index contributed by atoms with van der Waals surface area (Å²) in [6, 6.07) is 7.85. The number of ether oxygens (including phenoxy) is 1. The van der Waals surface area contributed by atoms with Gasteiger partial charge in [-0.05, 0) is 43.3 Å². The van der Waals surface area contributed by atoms with Crippen molar-refractivity contribution in [2.24, 2.45) is 5.10 Å². The molecular weight excluding hydrogens is 284 g/mol. The second kappa shape index (κ2) is 7.73. The summed E-state index contributed by atoms with van der Waals surface area (Å²) in [5.74, 6) is 1.59. The van der Waals surface area contributed by atoms with Crippen LogP contribution in [0.15, 0.2) is 29.4 Å². The number of unbranched alkanes of at least 4 members (excludes halogenated alkanes) is 2. The first-order chi connectivity index (χ1) is 10.2. The summed E-state index contributed by atoms with van der Waals surface area (Å²) in [6.07, 6.45) is 5.22. The molecule has 0 atom stereocenters. The van der Waals surface area contributed by atoms with Crippen molar-refractivity contribution < 1.29 is 4.74 Å². The zero-order valence-corrected chi connectivity index (χ0v) is 13.2. The number of rotatable bonds is 7. The Balaban J connectivity index is 2.02. The van der Waals surface area contributed by atoms with E-state index in [1.54, 1.807) is 10.9 Å². The van der Waals surface area contributed by atoms with Gasteiger partial charge in [-0.3, -0.25) is 5.10 Å². The number of aromatic amines is 1. The van der Waals surface area contributed by atoms with Crippen LogP contribution in [0.1, 0.15) is 37.6 Å². The third-order valence-electron chi connectivity index (χ3n) is 3.01. The van der Waals surface area contributed by atoms with E-state index in [1.165, 1.54) is 12.8 Å². The van der Waals surface area contributed by atoms with Crippen LogP contribution >= 0.6 is 12.2 Å². The molecule has 0 unspecified atom stereocenters. The van der Waals surface area contributed by atoms with Crippen LogP contribution in [0.5, 0.6) is 5.75 Å². The molecule has 21 heavy (non-hydrogen) atoms. The van der Waals surface area contributed by atoms with Gasteiger partial charge >= 0.3 is 0 Å². The highest BCUT2D eigenvalue weighted by atomic mass is 32.1. The quantitative estimate of drug-likeness (QED) is 0.482. The number of hydrogen-bond acceptors (Lipinski definition) is 4. The maximum Gasteiger partial charge on any atom is 0.216 e. The summed E-state index contributed by atoms with van der Waals surface area (Å²) in [5, 5.41) is 11.0. The lowest BCUT2D eigenvalue weighted by molar-refractivity contribution is 0.306. The molecule has 0 aliphatic heterocycles. The molecule has 0 fully saturated rings. The van der Waals surface area contributed by atoms with Gasteiger partial charge in [0.25, 0.3) is 0 Å². The smallest absolute Gasteiger partial charge is 0.216 e. The first kappa shape index (κ1) is 15.4. The molecule has 0 saturated heterocycles. The molecule has 1 aromatic carbocycles. The average molecular weight is 304 g/mol. The van der Waals surface area contributed by atoms with E-state index in [0.29, 0.717) is 4.77 Å². The first-order valence-corrected chi connectivity index (χ1v) is 7.52. The van der Waals surface area contributed by atoms with Gasteiger partial charge in [0.2, 0.25) is 4.77 Å². The highest BCUT2D eigenvalue weighted by molar-refractivity contribution is 7.71. The standard InChI is InChI=1S/C15H20N4OS/c1-3-4-5-9-20-14-8-6-7-13(10-14)11-16-19-12(2)17-18-15(19)21/h6-8,10-11H,3-5,9H2,1-2H3,(H,18,21)/b16-11+. The number of nitrogens with zero attached hydrogens (tertiary/aromatic N) is 3. The molecule has 6 heteroatoms. The molecule has 2 rings (SSSR count). The second-order valence-corrected chi connectivity index (χ2v) is 5.15. The molecule has 0 aliphatic carbocycles. The van der Waals surface area contributed by atoms with Crippen molar-refractivity contribution in [3.8, 4) is 5.75 Å². The van der Waals surface area contributed by atoms with Gasteiger partial charge in [0, 0.05) is 0 Å². The zero-order chi connectivity index (χ0) is 15.1. The summed E-state index contributed by atoms with van der Waals surface area (Å²) in [4.78, 5) is 0. The van der Waals surface area contributed by atoms with Gasteiger partial charge in [0.05, 0.1) is 12.8 Å². The van der Waals surface area contributed by atoms with Gasteiger partial charge in [-0.1, -0.05) is 31.9 Å². The van der Waals surface area contributed by atoms with Crippen molar-refractivity contribution in [3.05, 3.63) is 40.4 Å². The highest BCUT2D eigenvalue weighted by Crippen LogP contribution is 2.13. The maximum absolute atomic E-state index is 5.73. The monoisotopic (exact) mass is 304 g/mol. The molecule has 1 aromatic heterocycles. The second-order valence-electron chi connectivity index (χ2n) is 4.76. The Labute approximate surface area is 129 Å². The molecule has 0 bridgehead atoms. The van der Waals surface area contributed by atoms with Gasteiger partial charge in [-0.15, -0.1) is 0 Å². The Morgan fingerprint density at radius 3 is 3.00 bits per heavy atom. The van der Waals surface area contributed by atoms with E-state index in [9.17, 15) is 0 Å². The van der Waals surface area contributed by atoms with Gasteiger partial charge in [-0.25, -0.2) is 0 Å². The molecule has 2 aromatic rings. The fourth-order valence-electron chi connectivity index (χ4n) is 1.86. The third-order valence-corrected chi connectivity index (χ3v) is 3.27. The van der Waals surface area contributed by atoms with E-state index < -0.39 is 0 Å². The SMILES string of the molecule is CCCCCOc1cccc(/C=N/n2c(C)n[nH]c2=S)c1. The van der Waals surface area contributed by atoms with Gasteiger partial charge in [-0.2, -0.15) is 14.9 Å². The summed E-state index contributed by atoms with van der Waals surface area (Å²) in [6.45, 7) is 4.78. The van der Waals surface area contributed by atoms with Gasteiger partial charge < -0.3 is 4.74 Å². The normalized spacial score (nSPS) is 11.1. The van der Waals surface area contributed by atoms with Gasteiger partial charge in [0.15, 0.2) is 0 Å². The lowest BCUT2D eigenvalue weighted by Crippen LogP contribution is -1.98. The number of H-pyrrole nitrogens is 1. The molecule has 1 N–H and O–H groups in total. The number of aromatic nitrogens is 3. The van der Waals surface area contributed by atoms with Crippen molar-refractivity contribution in [2.45, 2.75) is 33.1 Å². The van der Waals surface area contributed by atoms with Crippen molar-refractivity contribution in [3.63, 3.8) is 0 Å². The predicted octanol–water partition coefficient (Wildman–Crippen LogP) is 3.70. The zero-order valence-electron chi connectivity index (χ0n) is 12.4. The minimum atomic E-state index is 0.482. The molecule has 112 valence electrons. The summed E-state index contributed by atoms with van der Waals surface area (Å²) < 4.78 is 7.80. The molecule has 0 spiro atoms. The predicted molar refractivity (Wildman–Crippen MR) is 86.6 cm³/mol. The minimum absolute atomic E-state index is 0.482. The Bertz CT molecular complexity index is 660. The molecule has 1 heterocycles. The molecule has 0 aliphatic rings. The lowest BCUT2D eigenvalue weighted by Gasteiger charge is -2.06. The molecule has 5 nitrogen and oxygen atoms in total. The van der Waals surface area contributed by atoms with Gasteiger partial charge in [0.1, 0.15) is 11.6 Å². The van der Waals surface area contributed by atoms with Crippen LogP contribution in [0.3, 0.4) is 0 Å². The number of aryl methyl sites for hydroxylation is 1. The number of nitrogens with one attached hydrogen (secondary N) is 1. The lowest BCUT2D eigenvalue weighted by atomic mass is 10.2. The van der Waals surface area contributed by atoms with E-state index in [1.807, 2.05) is 31.2 Å². The first-order valence-electron chi connectivity index (χ1n) is 7.12. The van der Waals surface area contributed by atoms with E-state index in [2.05, 4.69) is 22.2 Å². The summed E-state index contributed by atoms with van der Waals surface area (Å²) in [5.41, 5.74) is 0.963. The van der Waals surface area contributed by atoms with Crippen molar-refractivity contribution >= 4 is 18.4 Å². The van der Waals surface area contributed by atoms with Crippen molar-refractivity contribution in [2.75, 3.05) is 6.61 Å². The Morgan fingerprint density at radius 2 is 2.29 bits per heavy atom. The average Bonchev–Trinajstić information content (AvgIpc) is 2.81. The third kappa shape index (κ3) is 4.53. The van der Waals surface area contributed by atoms with Crippen LogP contribution in [0.25, 0.3) is 0 Å². The molecule has 0 amide bonds. The van der Waals surface area contributed by atoms with Crippen molar-refractivity contribution in [1.29, 1.82) is 0 Å². The largest absolute Gasteiger partial charge is 0.494 e. The fraction of sp³-hybridized carbons (Fsp3) is 0.400. The Hall–Kier alpha value is -1.95. The highest BCUT2D eigenvalue weighted by Gasteiger charge is 1.98. The van der Waals surface area contributed by atoms with Crippen LogP contribution in [0.2, 0.25) is 0 Å². The van der Waals surface area contributed by atoms with Crippen LogP contribution < -0.4 is 4.74 Å². The van der Waals surface area contributed by atoms with Crippen LogP contribution in [-0.2, 0) is 0 Å². The van der Waals surface area contributed by atoms with Crippen LogP contribution in [-0.4, -0.2) is 27.7 Å². The summed E-state index contributed by atoms with van der Waals surface area (Å²) >= 11 is 5.10. The number of hydrogen-bond donors (Lipinski definition) is 1. The van der Waals surface area contributed by atoms with Crippen LogP contribution in [0, 0.1) is 11.7 Å². The van der Waals surface area contributed by atoms with E-state index in [4.69, 9.17) is 17.0 Å². The van der Waals surface area contributed by atoms with Crippen molar-refractivity contribution in [1.82, 2.24) is 14.9 Å². The fourth-order valence-corrected chi connectivity index (χ4v) is 2.08. The van der Waals surface area contributed by atoms with E-state index in [0.717, 1.165) is 30.2 Å². The Morgan fingerprint density at radius 1 is 1.43 bits per heavy atom. The maximum atomic E-state index is 5.73. The van der Waals surface area contributed by atoms with Crippen LogP contribution in [0.4, 0.5) is 0 Å². The van der Waals surface area contributed by atoms with E-state index in [-0.39, 0.29) is 0 Å².